The highest BCUT2D eigenvalue weighted by Gasteiger charge is 2.09. The molecule has 0 aliphatic heterocycles. The Bertz CT molecular complexity index is 680. The van der Waals surface area contributed by atoms with Crippen molar-refractivity contribution in [3.8, 4) is 5.75 Å². The van der Waals surface area contributed by atoms with Crippen LogP contribution in [0.4, 0.5) is 20.2 Å². The van der Waals surface area contributed by atoms with Gasteiger partial charge in [-0.1, -0.05) is 0 Å². The number of anilines is 2. The smallest absolute Gasteiger partial charge is 0.262 e. The molecule has 1 amide bonds. The molecule has 0 spiro atoms. The largest absolute Gasteiger partial charge is 0.483 e. The van der Waals surface area contributed by atoms with Gasteiger partial charge in [0.15, 0.2) is 6.61 Å². The lowest BCUT2D eigenvalue weighted by Gasteiger charge is -2.10. The zero-order valence-electron chi connectivity index (χ0n) is 10.7. The SMILES string of the molecule is Nc1ccc(F)cc1NC(=O)COc1ccc(F)cc1Br. The second kappa shape index (κ2) is 6.53. The van der Waals surface area contributed by atoms with Crippen molar-refractivity contribution in [1.29, 1.82) is 0 Å². The van der Waals surface area contributed by atoms with E-state index in [1.807, 2.05) is 0 Å². The summed E-state index contributed by atoms with van der Waals surface area (Å²) in [7, 11) is 0. The molecule has 4 nitrogen and oxygen atoms in total. The Labute approximate surface area is 128 Å². The van der Waals surface area contributed by atoms with Gasteiger partial charge in [-0.15, -0.1) is 0 Å². The van der Waals surface area contributed by atoms with E-state index in [0.717, 1.165) is 6.07 Å². The van der Waals surface area contributed by atoms with Crippen LogP contribution in [0.5, 0.6) is 5.75 Å². The normalized spacial score (nSPS) is 10.2. The molecule has 0 bridgehead atoms. The predicted octanol–water partition coefficient (Wildman–Crippen LogP) is 3.33. The van der Waals surface area contributed by atoms with Crippen LogP contribution in [0.3, 0.4) is 0 Å². The molecular weight excluding hydrogens is 346 g/mol. The Morgan fingerprint density at radius 1 is 1.19 bits per heavy atom. The van der Waals surface area contributed by atoms with Crippen molar-refractivity contribution in [3.05, 3.63) is 52.5 Å². The zero-order valence-corrected chi connectivity index (χ0v) is 12.3. The van der Waals surface area contributed by atoms with Crippen molar-refractivity contribution in [2.45, 2.75) is 0 Å². The van der Waals surface area contributed by atoms with E-state index in [1.54, 1.807) is 0 Å². The summed E-state index contributed by atoms with van der Waals surface area (Å²) in [6.45, 7) is -0.319. The maximum Gasteiger partial charge on any atom is 0.262 e. The van der Waals surface area contributed by atoms with Crippen LogP contribution in [0.2, 0.25) is 0 Å². The maximum absolute atomic E-state index is 13.1. The third-order valence-corrected chi connectivity index (χ3v) is 3.16. The maximum atomic E-state index is 13.1. The molecule has 7 heteroatoms. The van der Waals surface area contributed by atoms with Gasteiger partial charge in [0.25, 0.3) is 5.91 Å². The summed E-state index contributed by atoms with van der Waals surface area (Å²) >= 11 is 3.12. The highest BCUT2D eigenvalue weighted by atomic mass is 79.9. The van der Waals surface area contributed by atoms with Crippen LogP contribution in [-0.4, -0.2) is 12.5 Å². The fourth-order valence-corrected chi connectivity index (χ4v) is 2.02. The molecule has 2 aromatic rings. The number of benzene rings is 2. The molecule has 0 aliphatic carbocycles. The van der Waals surface area contributed by atoms with E-state index in [2.05, 4.69) is 21.2 Å². The highest BCUT2D eigenvalue weighted by molar-refractivity contribution is 9.10. The van der Waals surface area contributed by atoms with Gasteiger partial charge in [-0.3, -0.25) is 4.79 Å². The van der Waals surface area contributed by atoms with Gasteiger partial charge in [0.2, 0.25) is 0 Å². The average Bonchev–Trinajstić information content (AvgIpc) is 2.42. The monoisotopic (exact) mass is 356 g/mol. The fourth-order valence-electron chi connectivity index (χ4n) is 1.56. The Morgan fingerprint density at radius 2 is 1.86 bits per heavy atom. The summed E-state index contributed by atoms with van der Waals surface area (Å²) < 4.78 is 31.6. The third kappa shape index (κ3) is 4.16. The van der Waals surface area contributed by atoms with Crippen LogP contribution in [-0.2, 0) is 4.79 Å². The number of nitrogens with two attached hydrogens (primary N) is 1. The third-order valence-electron chi connectivity index (χ3n) is 2.54. The van der Waals surface area contributed by atoms with E-state index >= 15 is 0 Å². The van der Waals surface area contributed by atoms with E-state index in [9.17, 15) is 13.6 Å². The number of hydrogen-bond acceptors (Lipinski definition) is 3. The van der Waals surface area contributed by atoms with Crippen LogP contribution in [0.25, 0.3) is 0 Å². The van der Waals surface area contributed by atoms with Crippen molar-refractivity contribution in [1.82, 2.24) is 0 Å². The predicted molar refractivity (Wildman–Crippen MR) is 79.0 cm³/mol. The Morgan fingerprint density at radius 3 is 2.57 bits per heavy atom. The molecule has 0 saturated carbocycles. The molecule has 0 unspecified atom stereocenters. The molecule has 110 valence electrons. The van der Waals surface area contributed by atoms with E-state index in [1.165, 1.54) is 30.3 Å². The lowest BCUT2D eigenvalue weighted by molar-refractivity contribution is -0.118. The van der Waals surface area contributed by atoms with Gasteiger partial charge in [0, 0.05) is 0 Å². The van der Waals surface area contributed by atoms with Crippen LogP contribution < -0.4 is 15.8 Å². The number of rotatable bonds is 4. The molecule has 0 aliphatic rings. The number of carbonyl (C=O) groups excluding carboxylic acids is 1. The number of nitrogen functional groups attached to an aromatic ring is 1. The summed E-state index contributed by atoms with van der Waals surface area (Å²) in [6.07, 6.45) is 0. The van der Waals surface area contributed by atoms with Crippen molar-refractivity contribution in [2.24, 2.45) is 0 Å². The first-order valence-corrected chi connectivity index (χ1v) is 6.68. The lowest BCUT2D eigenvalue weighted by atomic mass is 10.2. The molecule has 0 radical (unpaired) electrons. The van der Waals surface area contributed by atoms with E-state index in [-0.39, 0.29) is 18.0 Å². The molecule has 3 N–H and O–H groups in total. The van der Waals surface area contributed by atoms with Gasteiger partial charge >= 0.3 is 0 Å². The topological polar surface area (TPSA) is 64.3 Å². The Kier molecular flexibility index (Phi) is 4.74. The fraction of sp³-hybridized carbons (Fsp3) is 0.0714. The van der Waals surface area contributed by atoms with Gasteiger partial charge in [-0.25, -0.2) is 8.78 Å². The minimum absolute atomic E-state index is 0.168. The summed E-state index contributed by atoms with van der Waals surface area (Å²) in [5.74, 6) is -1.13. The van der Waals surface area contributed by atoms with E-state index < -0.39 is 17.5 Å². The minimum atomic E-state index is -0.512. The van der Waals surface area contributed by atoms with Gasteiger partial charge in [-0.2, -0.15) is 0 Å². The standard InChI is InChI=1S/C14H11BrF2N2O2/c15-10-5-8(16)2-4-13(10)21-7-14(20)19-12-6-9(17)1-3-11(12)18/h1-6H,7,18H2,(H,19,20). The number of ether oxygens (including phenoxy) is 1. The molecule has 0 aromatic heterocycles. The molecule has 21 heavy (non-hydrogen) atoms. The molecule has 2 aromatic carbocycles. The first kappa shape index (κ1) is 15.2. The number of hydrogen-bond donors (Lipinski definition) is 2. The van der Waals surface area contributed by atoms with Crippen LogP contribution >= 0.6 is 15.9 Å². The molecule has 0 fully saturated rings. The van der Waals surface area contributed by atoms with Gasteiger partial charge < -0.3 is 15.8 Å². The van der Waals surface area contributed by atoms with Gasteiger partial charge in [0.1, 0.15) is 17.4 Å². The summed E-state index contributed by atoms with van der Waals surface area (Å²) in [6, 6.07) is 7.48. The molecule has 2 rings (SSSR count). The van der Waals surface area contributed by atoms with E-state index in [4.69, 9.17) is 10.5 Å². The van der Waals surface area contributed by atoms with Crippen molar-refractivity contribution < 1.29 is 18.3 Å². The number of carbonyl (C=O) groups is 1. The first-order chi connectivity index (χ1) is 9.95. The number of amides is 1. The second-order valence-electron chi connectivity index (χ2n) is 4.14. The highest BCUT2D eigenvalue weighted by Crippen LogP contribution is 2.25. The minimum Gasteiger partial charge on any atom is -0.483 e. The van der Waals surface area contributed by atoms with Crippen LogP contribution in [0.15, 0.2) is 40.9 Å². The Balaban J connectivity index is 1.97. The lowest BCUT2D eigenvalue weighted by Crippen LogP contribution is -2.21. The summed E-state index contributed by atoms with van der Waals surface area (Å²) in [5, 5.41) is 2.43. The number of halogens is 3. The van der Waals surface area contributed by atoms with Crippen LogP contribution in [0.1, 0.15) is 0 Å². The first-order valence-electron chi connectivity index (χ1n) is 5.88. The van der Waals surface area contributed by atoms with Crippen LogP contribution in [0, 0.1) is 11.6 Å². The van der Waals surface area contributed by atoms with Crippen molar-refractivity contribution in [2.75, 3.05) is 17.7 Å². The van der Waals surface area contributed by atoms with Gasteiger partial charge in [-0.05, 0) is 52.3 Å². The Hall–Kier alpha value is -2.15. The van der Waals surface area contributed by atoms with Gasteiger partial charge in [0.05, 0.1) is 15.8 Å². The number of nitrogens with one attached hydrogen (secondary N) is 1. The molecular formula is C14H11BrF2N2O2. The average molecular weight is 357 g/mol. The van der Waals surface area contributed by atoms with E-state index in [0.29, 0.717) is 10.2 Å². The molecule has 0 saturated heterocycles. The molecule has 0 atom stereocenters. The molecule has 0 heterocycles. The zero-order chi connectivity index (χ0) is 15.4. The summed E-state index contributed by atoms with van der Waals surface area (Å²) in [4.78, 5) is 11.7. The van der Waals surface area contributed by atoms with Crippen molar-refractivity contribution >= 4 is 33.2 Å². The summed E-state index contributed by atoms with van der Waals surface area (Å²) in [5.41, 5.74) is 6.03. The van der Waals surface area contributed by atoms with Crippen molar-refractivity contribution in [3.63, 3.8) is 0 Å². The quantitative estimate of drug-likeness (QED) is 0.825. The second-order valence-corrected chi connectivity index (χ2v) is 5.00.